The van der Waals surface area contributed by atoms with Gasteiger partial charge < -0.3 is 15.7 Å². The highest BCUT2D eigenvalue weighted by Gasteiger charge is 2.24. The van der Waals surface area contributed by atoms with Crippen molar-refractivity contribution in [2.75, 3.05) is 18.4 Å². The van der Waals surface area contributed by atoms with Crippen molar-refractivity contribution in [1.29, 1.82) is 0 Å². The van der Waals surface area contributed by atoms with Crippen molar-refractivity contribution in [3.63, 3.8) is 0 Å². The number of hydrogen-bond acceptors (Lipinski definition) is 5. The van der Waals surface area contributed by atoms with E-state index in [0.29, 0.717) is 23.0 Å². The van der Waals surface area contributed by atoms with Crippen LogP contribution < -0.4 is 10.6 Å². The molecule has 0 aliphatic carbocycles. The van der Waals surface area contributed by atoms with Crippen LogP contribution in [-0.2, 0) is 4.79 Å². The number of nitrogens with zero attached hydrogens (tertiary/aromatic N) is 1. The van der Waals surface area contributed by atoms with Gasteiger partial charge in [0.1, 0.15) is 10.6 Å². The summed E-state index contributed by atoms with van der Waals surface area (Å²) in [6, 6.07) is 0. The van der Waals surface area contributed by atoms with E-state index in [1.54, 1.807) is 6.92 Å². The van der Waals surface area contributed by atoms with E-state index in [1.165, 1.54) is 0 Å². The Kier molecular flexibility index (Phi) is 5.30. The number of amides is 1. The van der Waals surface area contributed by atoms with Gasteiger partial charge >= 0.3 is 5.97 Å². The summed E-state index contributed by atoms with van der Waals surface area (Å²) in [6.07, 6.45) is 2.69. The fourth-order valence-electron chi connectivity index (χ4n) is 2.71. The average molecular weight is 311 g/mol. The van der Waals surface area contributed by atoms with Crippen LogP contribution in [0.1, 0.15) is 42.2 Å². The highest BCUT2D eigenvalue weighted by atomic mass is 32.1. The van der Waals surface area contributed by atoms with Gasteiger partial charge in [-0.25, -0.2) is 4.79 Å². The summed E-state index contributed by atoms with van der Waals surface area (Å²) in [7, 11) is 0. The molecule has 2 atom stereocenters. The van der Waals surface area contributed by atoms with Crippen LogP contribution in [-0.4, -0.2) is 34.4 Å². The second kappa shape index (κ2) is 7.00. The zero-order chi connectivity index (χ0) is 15.4. The molecule has 3 N–H and O–H groups in total. The lowest BCUT2D eigenvalue weighted by Crippen LogP contribution is -2.34. The molecule has 1 aliphatic heterocycles. The number of aromatic carboxylic acids is 1. The molecule has 0 spiro atoms. The third-order valence-corrected chi connectivity index (χ3v) is 4.83. The summed E-state index contributed by atoms with van der Waals surface area (Å²) in [5, 5.41) is 15.5. The van der Waals surface area contributed by atoms with E-state index in [1.807, 2.05) is 0 Å². The number of carboxylic acids is 1. The van der Waals surface area contributed by atoms with E-state index in [0.717, 1.165) is 37.5 Å². The first-order chi connectivity index (χ1) is 9.99. The first-order valence-corrected chi connectivity index (χ1v) is 7.96. The monoisotopic (exact) mass is 311 g/mol. The maximum Gasteiger partial charge on any atom is 0.340 e. The number of carbonyl (C=O) groups excluding carboxylic acids is 1. The van der Waals surface area contributed by atoms with Gasteiger partial charge in [-0.1, -0.05) is 6.92 Å². The molecule has 116 valence electrons. The van der Waals surface area contributed by atoms with Gasteiger partial charge in [-0.2, -0.15) is 4.37 Å². The Hall–Kier alpha value is -1.47. The van der Waals surface area contributed by atoms with Crippen LogP contribution >= 0.6 is 11.5 Å². The van der Waals surface area contributed by atoms with Gasteiger partial charge in [-0.15, -0.1) is 0 Å². The third-order valence-electron chi connectivity index (χ3n) is 3.98. The minimum Gasteiger partial charge on any atom is -0.478 e. The predicted octanol–water partition coefficient (Wildman–Crippen LogP) is 2.11. The number of piperidine rings is 1. The van der Waals surface area contributed by atoms with Crippen LogP contribution in [0.4, 0.5) is 5.00 Å². The zero-order valence-corrected chi connectivity index (χ0v) is 13.1. The lowest BCUT2D eigenvalue weighted by Gasteiger charge is -2.27. The summed E-state index contributed by atoms with van der Waals surface area (Å²) in [6.45, 7) is 5.71. The molecule has 1 aliphatic rings. The van der Waals surface area contributed by atoms with Crippen molar-refractivity contribution in [2.24, 2.45) is 11.8 Å². The minimum atomic E-state index is -1.05. The molecule has 1 amide bonds. The summed E-state index contributed by atoms with van der Waals surface area (Å²) >= 11 is 1.02. The Balaban J connectivity index is 1.94. The number of carboxylic acid groups (broad SMARTS) is 1. The van der Waals surface area contributed by atoms with E-state index >= 15 is 0 Å². The maximum absolute atomic E-state index is 12.1. The summed E-state index contributed by atoms with van der Waals surface area (Å²) in [5.74, 6) is -0.410. The molecular weight excluding hydrogens is 290 g/mol. The normalized spacial score (nSPS) is 20.0. The van der Waals surface area contributed by atoms with Crippen molar-refractivity contribution in [2.45, 2.75) is 33.1 Å². The molecule has 21 heavy (non-hydrogen) atoms. The topological polar surface area (TPSA) is 91.3 Å². The molecule has 2 heterocycles. The Labute approximate surface area is 128 Å². The van der Waals surface area contributed by atoms with Crippen molar-refractivity contribution in [1.82, 2.24) is 9.69 Å². The molecule has 1 aromatic heterocycles. The Bertz CT molecular complexity index is 524. The fourth-order valence-corrected chi connectivity index (χ4v) is 3.51. The SMILES string of the molecule is Cc1nsc(NC(=O)CC(C)C2CCCNC2)c1C(=O)O. The van der Waals surface area contributed by atoms with E-state index < -0.39 is 5.97 Å². The van der Waals surface area contributed by atoms with Crippen LogP contribution in [0.25, 0.3) is 0 Å². The van der Waals surface area contributed by atoms with Gasteiger partial charge in [-0.05, 0) is 56.2 Å². The molecule has 0 saturated carbocycles. The van der Waals surface area contributed by atoms with E-state index in [2.05, 4.69) is 21.9 Å². The van der Waals surface area contributed by atoms with Crippen LogP contribution in [0.15, 0.2) is 0 Å². The van der Waals surface area contributed by atoms with Crippen LogP contribution in [0, 0.1) is 18.8 Å². The molecule has 0 radical (unpaired) electrons. The summed E-state index contributed by atoms with van der Waals surface area (Å²) < 4.78 is 4.00. The number of aromatic nitrogens is 1. The molecule has 6 nitrogen and oxygen atoms in total. The summed E-state index contributed by atoms with van der Waals surface area (Å²) in [5.41, 5.74) is 0.535. The minimum absolute atomic E-state index is 0.0975. The molecule has 0 aromatic carbocycles. The fraction of sp³-hybridized carbons (Fsp3) is 0.643. The van der Waals surface area contributed by atoms with Crippen LogP contribution in [0.5, 0.6) is 0 Å². The second-order valence-corrected chi connectivity index (χ2v) is 6.39. The van der Waals surface area contributed by atoms with E-state index in [-0.39, 0.29) is 17.4 Å². The molecule has 7 heteroatoms. The third kappa shape index (κ3) is 4.01. The van der Waals surface area contributed by atoms with Gasteiger partial charge in [0.25, 0.3) is 0 Å². The lowest BCUT2D eigenvalue weighted by atomic mass is 9.85. The highest BCUT2D eigenvalue weighted by molar-refractivity contribution is 7.11. The Morgan fingerprint density at radius 1 is 1.57 bits per heavy atom. The first-order valence-electron chi connectivity index (χ1n) is 7.19. The molecule has 2 rings (SSSR count). The number of rotatable bonds is 5. The number of aryl methyl sites for hydroxylation is 1. The largest absolute Gasteiger partial charge is 0.478 e. The molecule has 2 unspecified atom stereocenters. The maximum atomic E-state index is 12.1. The first kappa shape index (κ1) is 15.9. The zero-order valence-electron chi connectivity index (χ0n) is 12.3. The average Bonchev–Trinajstić information content (AvgIpc) is 2.80. The number of hydrogen-bond donors (Lipinski definition) is 3. The van der Waals surface area contributed by atoms with Crippen LogP contribution in [0.2, 0.25) is 0 Å². The van der Waals surface area contributed by atoms with Crippen molar-refractivity contribution < 1.29 is 14.7 Å². The van der Waals surface area contributed by atoms with Crippen molar-refractivity contribution >= 4 is 28.4 Å². The number of carbonyl (C=O) groups is 2. The van der Waals surface area contributed by atoms with Gasteiger partial charge in [-0.3, -0.25) is 4.79 Å². The van der Waals surface area contributed by atoms with Gasteiger partial charge in [0.05, 0.1) is 5.69 Å². The second-order valence-electron chi connectivity index (χ2n) is 5.61. The molecule has 1 aromatic rings. The quantitative estimate of drug-likeness (QED) is 0.774. The van der Waals surface area contributed by atoms with E-state index in [9.17, 15) is 9.59 Å². The smallest absolute Gasteiger partial charge is 0.340 e. The van der Waals surface area contributed by atoms with Gasteiger partial charge in [0.2, 0.25) is 5.91 Å². The Morgan fingerprint density at radius 2 is 2.33 bits per heavy atom. The highest BCUT2D eigenvalue weighted by Crippen LogP contribution is 2.26. The number of nitrogens with one attached hydrogen (secondary N) is 2. The lowest BCUT2D eigenvalue weighted by molar-refractivity contribution is -0.117. The molecule has 0 bridgehead atoms. The van der Waals surface area contributed by atoms with Gasteiger partial charge in [0.15, 0.2) is 0 Å². The van der Waals surface area contributed by atoms with Gasteiger partial charge in [0, 0.05) is 6.42 Å². The molecular formula is C14H21N3O3S. The van der Waals surface area contributed by atoms with Crippen molar-refractivity contribution in [3.8, 4) is 0 Å². The molecule has 1 fully saturated rings. The molecule has 1 saturated heterocycles. The predicted molar refractivity (Wildman–Crippen MR) is 81.8 cm³/mol. The Morgan fingerprint density at radius 3 is 2.95 bits per heavy atom. The van der Waals surface area contributed by atoms with Crippen LogP contribution in [0.3, 0.4) is 0 Å². The standard InChI is InChI=1S/C14H21N3O3S/c1-8(10-4-3-5-15-7-10)6-11(18)16-13-12(14(19)20)9(2)17-21-13/h8,10,15H,3-7H2,1-2H3,(H,16,18)(H,19,20). The van der Waals surface area contributed by atoms with Crippen molar-refractivity contribution in [3.05, 3.63) is 11.3 Å². The van der Waals surface area contributed by atoms with E-state index in [4.69, 9.17) is 5.11 Å². The number of anilines is 1. The summed E-state index contributed by atoms with van der Waals surface area (Å²) in [4.78, 5) is 23.3.